The van der Waals surface area contributed by atoms with Gasteiger partial charge in [-0.15, -0.1) is 0 Å². The molecule has 1 N–H and O–H groups in total. The quantitative estimate of drug-likeness (QED) is 0.699. The Morgan fingerprint density at radius 1 is 1.19 bits per heavy atom. The van der Waals surface area contributed by atoms with Crippen LogP contribution in [0.2, 0.25) is 5.15 Å². The van der Waals surface area contributed by atoms with Gasteiger partial charge in [-0.25, -0.2) is 9.78 Å². The first-order valence-corrected chi connectivity index (χ1v) is 6.51. The fourth-order valence-corrected chi connectivity index (χ4v) is 1.87. The van der Waals surface area contributed by atoms with Crippen LogP contribution in [0, 0.1) is 6.92 Å². The van der Waals surface area contributed by atoms with Crippen molar-refractivity contribution in [2.24, 2.45) is 0 Å². The number of aromatic nitrogens is 1. The van der Waals surface area contributed by atoms with E-state index >= 15 is 0 Å². The second-order valence-corrected chi connectivity index (χ2v) is 4.73. The summed E-state index contributed by atoms with van der Waals surface area (Å²) in [5.74, 6) is -0.717. The van der Waals surface area contributed by atoms with Crippen molar-refractivity contribution in [3.05, 3.63) is 58.4 Å². The predicted octanol–water partition coefficient (Wildman–Crippen LogP) is 3.08. The molecule has 0 unspecified atom stereocenters. The number of halogens is 1. The van der Waals surface area contributed by atoms with E-state index in [2.05, 4.69) is 15.0 Å². The molecule has 0 aliphatic rings. The molecule has 0 fully saturated rings. The van der Waals surface area contributed by atoms with E-state index in [4.69, 9.17) is 11.6 Å². The van der Waals surface area contributed by atoms with Gasteiger partial charge >= 0.3 is 5.97 Å². The number of carbonyl (C=O) groups is 2. The molecule has 108 valence electrons. The molecule has 1 aromatic carbocycles. The fourth-order valence-electron chi connectivity index (χ4n) is 1.75. The van der Waals surface area contributed by atoms with Crippen LogP contribution in [-0.2, 0) is 4.74 Å². The number of amides is 1. The number of nitrogens with one attached hydrogen (secondary N) is 1. The summed E-state index contributed by atoms with van der Waals surface area (Å²) in [5.41, 5.74) is 2.20. The summed E-state index contributed by atoms with van der Waals surface area (Å²) in [4.78, 5) is 27.3. The molecule has 0 aliphatic heterocycles. The van der Waals surface area contributed by atoms with Crippen LogP contribution in [0.3, 0.4) is 0 Å². The average molecular weight is 305 g/mol. The van der Waals surface area contributed by atoms with Crippen LogP contribution in [0.15, 0.2) is 36.5 Å². The molecule has 6 heteroatoms. The van der Waals surface area contributed by atoms with Crippen molar-refractivity contribution >= 4 is 29.2 Å². The molecule has 0 saturated heterocycles. The molecule has 0 saturated carbocycles. The lowest BCUT2D eigenvalue weighted by Crippen LogP contribution is -2.13. The van der Waals surface area contributed by atoms with E-state index in [1.807, 2.05) is 0 Å². The maximum atomic E-state index is 12.1. The molecular formula is C15H13ClN2O3. The predicted molar refractivity (Wildman–Crippen MR) is 79.7 cm³/mol. The highest BCUT2D eigenvalue weighted by atomic mass is 35.5. The van der Waals surface area contributed by atoms with Crippen molar-refractivity contribution in [3.63, 3.8) is 0 Å². The zero-order valence-electron chi connectivity index (χ0n) is 11.5. The second-order valence-electron chi connectivity index (χ2n) is 4.35. The first kappa shape index (κ1) is 15.0. The van der Waals surface area contributed by atoms with Gasteiger partial charge in [-0.05, 0) is 42.8 Å². The smallest absolute Gasteiger partial charge is 0.337 e. The third-order valence-corrected chi connectivity index (χ3v) is 3.11. The molecule has 1 heterocycles. The minimum atomic E-state index is -0.419. The summed E-state index contributed by atoms with van der Waals surface area (Å²) in [7, 11) is 1.32. The normalized spacial score (nSPS) is 10.0. The third-order valence-electron chi connectivity index (χ3n) is 2.89. The van der Waals surface area contributed by atoms with Gasteiger partial charge in [-0.2, -0.15) is 0 Å². The molecule has 1 aromatic heterocycles. The summed E-state index contributed by atoms with van der Waals surface area (Å²) in [6.45, 7) is 1.79. The van der Waals surface area contributed by atoms with Crippen molar-refractivity contribution < 1.29 is 14.3 Å². The standard InChI is InChI=1S/C15H13ClN2O3/c1-9-7-10(15(20)21-2)3-5-12(9)18-14(19)11-4-6-13(16)17-8-11/h3-8H,1-2H3,(H,18,19). The Hall–Kier alpha value is -2.40. The lowest BCUT2D eigenvalue weighted by atomic mass is 10.1. The number of benzene rings is 1. The number of ether oxygens (including phenoxy) is 1. The molecule has 0 aliphatic carbocycles. The summed E-state index contributed by atoms with van der Waals surface area (Å²) in [6, 6.07) is 8.03. The Bertz CT molecular complexity index is 684. The largest absolute Gasteiger partial charge is 0.465 e. The minimum absolute atomic E-state index is 0.298. The van der Waals surface area contributed by atoms with E-state index in [1.54, 1.807) is 37.3 Å². The molecule has 2 aromatic rings. The van der Waals surface area contributed by atoms with Crippen LogP contribution in [0.25, 0.3) is 0 Å². The van der Waals surface area contributed by atoms with E-state index in [0.29, 0.717) is 22.0 Å². The molecule has 0 atom stereocenters. The van der Waals surface area contributed by atoms with Gasteiger partial charge in [0.1, 0.15) is 5.15 Å². The number of hydrogen-bond donors (Lipinski definition) is 1. The summed E-state index contributed by atoms with van der Waals surface area (Å²) in [6.07, 6.45) is 1.40. The third kappa shape index (κ3) is 3.58. The second kappa shape index (κ2) is 6.37. The molecule has 21 heavy (non-hydrogen) atoms. The zero-order valence-corrected chi connectivity index (χ0v) is 12.3. The van der Waals surface area contributed by atoms with Crippen molar-refractivity contribution in [2.75, 3.05) is 12.4 Å². The van der Waals surface area contributed by atoms with Crippen LogP contribution in [0.4, 0.5) is 5.69 Å². The van der Waals surface area contributed by atoms with E-state index < -0.39 is 5.97 Å². The molecule has 1 amide bonds. The number of hydrogen-bond acceptors (Lipinski definition) is 4. The summed E-state index contributed by atoms with van der Waals surface area (Å²) in [5, 5.41) is 3.08. The number of esters is 1. The minimum Gasteiger partial charge on any atom is -0.465 e. The lowest BCUT2D eigenvalue weighted by Gasteiger charge is -2.09. The van der Waals surface area contributed by atoms with Crippen molar-refractivity contribution in [2.45, 2.75) is 6.92 Å². The maximum absolute atomic E-state index is 12.1. The highest BCUT2D eigenvalue weighted by molar-refractivity contribution is 6.29. The van der Waals surface area contributed by atoms with Gasteiger partial charge in [-0.1, -0.05) is 11.6 Å². The SMILES string of the molecule is COC(=O)c1ccc(NC(=O)c2ccc(Cl)nc2)c(C)c1. The van der Waals surface area contributed by atoms with Gasteiger partial charge in [-0.3, -0.25) is 4.79 Å². The van der Waals surface area contributed by atoms with E-state index in [9.17, 15) is 9.59 Å². The zero-order chi connectivity index (χ0) is 15.4. The number of methoxy groups -OCH3 is 1. The van der Waals surface area contributed by atoms with Gasteiger partial charge in [0.2, 0.25) is 0 Å². The van der Waals surface area contributed by atoms with E-state index in [-0.39, 0.29) is 5.91 Å². The van der Waals surface area contributed by atoms with Gasteiger partial charge in [0.15, 0.2) is 0 Å². The monoisotopic (exact) mass is 304 g/mol. The molecular weight excluding hydrogens is 292 g/mol. The average Bonchev–Trinajstić information content (AvgIpc) is 2.49. The van der Waals surface area contributed by atoms with Crippen molar-refractivity contribution in [1.82, 2.24) is 4.98 Å². The number of anilines is 1. The molecule has 0 bridgehead atoms. The van der Waals surface area contributed by atoms with Crippen LogP contribution in [0.5, 0.6) is 0 Å². The number of nitrogens with zero attached hydrogens (tertiary/aromatic N) is 1. The van der Waals surface area contributed by atoms with Gasteiger partial charge in [0, 0.05) is 11.9 Å². The van der Waals surface area contributed by atoms with Gasteiger partial charge in [0.25, 0.3) is 5.91 Å². The number of rotatable bonds is 3. The summed E-state index contributed by atoms with van der Waals surface area (Å²) >= 11 is 5.68. The Balaban J connectivity index is 2.18. The Morgan fingerprint density at radius 3 is 2.48 bits per heavy atom. The molecule has 5 nitrogen and oxygen atoms in total. The molecule has 2 rings (SSSR count). The highest BCUT2D eigenvalue weighted by Gasteiger charge is 2.11. The Kier molecular flexibility index (Phi) is 4.55. The van der Waals surface area contributed by atoms with Crippen LogP contribution in [0.1, 0.15) is 26.3 Å². The van der Waals surface area contributed by atoms with E-state index in [1.165, 1.54) is 13.3 Å². The van der Waals surface area contributed by atoms with Gasteiger partial charge in [0.05, 0.1) is 18.2 Å². The van der Waals surface area contributed by atoms with Gasteiger partial charge < -0.3 is 10.1 Å². The van der Waals surface area contributed by atoms with Crippen molar-refractivity contribution in [3.8, 4) is 0 Å². The topological polar surface area (TPSA) is 68.3 Å². The summed E-state index contributed by atoms with van der Waals surface area (Å²) < 4.78 is 4.65. The number of carbonyl (C=O) groups excluding carboxylic acids is 2. The first-order chi connectivity index (χ1) is 10.0. The fraction of sp³-hybridized carbons (Fsp3) is 0.133. The highest BCUT2D eigenvalue weighted by Crippen LogP contribution is 2.18. The van der Waals surface area contributed by atoms with Crippen LogP contribution >= 0.6 is 11.6 Å². The molecule has 0 radical (unpaired) electrons. The lowest BCUT2D eigenvalue weighted by molar-refractivity contribution is 0.0600. The number of pyridine rings is 1. The van der Waals surface area contributed by atoms with E-state index in [0.717, 1.165) is 5.56 Å². The van der Waals surface area contributed by atoms with Crippen LogP contribution in [-0.4, -0.2) is 24.0 Å². The number of aryl methyl sites for hydroxylation is 1. The first-order valence-electron chi connectivity index (χ1n) is 6.13. The van der Waals surface area contributed by atoms with Crippen molar-refractivity contribution in [1.29, 1.82) is 0 Å². The Morgan fingerprint density at radius 2 is 1.90 bits per heavy atom. The molecule has 0 spiro atoms. The maximum Gasteiger partial charge on any atom is 0.337 e. The Labute approximate surface area is 126 Å². The van der Waals surface area contributed by atoms with Crippen LogP contribution < -0.4 is 5.32 Å².